The van der Waals surface area contributed by atoms with Gasteiger partial charge < -0.3 is 4.90 Å². The second-order valence-electron chi connectivity index (χ2n) is 6.37. The summed E-state index contributed by atoms with van der Waals surface area (Å²) in [6.07, 6.45) is 7.94. The summed E-state index contributed by atoms with van der Waals surface area (Å²) in [4.78, 5) is 11.5. The molecule has 0 aromatic carbocycles. The van der Waals surface area contributed by atoms with Crippen molar-refractivity contribution in [3.8, 4) is 0 Å². The molecule has 0 bridgehead atoms. The minimum absolute atomic E-state index is 0.0955. The van der Waals surface area contributed by atoms with Crippen molar-refractivity contribution in [2.24, 2.45) is 0 Å². The van der Waals surface area contributed by atoms with Crippen molar-refractivity contribution in [1.82, 2.24) is 9.97 Å². The van der Waals surface area contributed by atoms with Crippen LogP contribution in [0, 0.1) is 0 Å². The summed E-state index contributed by atoms with van der Waals surface area (Å²) in [6.45, 7) is 9.07. The van der Waals surface area contributed by atoms with E-state index in [1.54, 1.807) is 6.07 Å². The van der Waals surface area contributed by atoms with Crippen LogP contribution in [0.25, 0.3) is 0 Å². The van der Waals surface area contributed by atoms with E-state index in [0.29, 0.717) is 16.3 Å². The standard InChI is InChI=1S/C17H27Cl2N3/c1-5-16(6-2)10-9-11-17(7-3,8-4)22(16)15-20-13(18)12-14(19)21-15/h12H,5-11H2,1-4H3. The van der Waals surface area contributed by atoms with Gasteiger partial charge in [-0.15, -0.1) is 0 Å². The molecule has 1 aliphatic heterocycles. The van der Waals surface area contributed by atoms with Crippen molar-refractivity contribution in [2.75, 3.05) is 4.90 Å². The van der Waals surface area contributed by atoms with Crippen LogP contribution in [0.4, 0.5) is 5.95 Å². The van der Waals surface area contributed by atoms with Crippen molar-refractivity contribution in [3.05, 3.63) is 16.4 Å². The Bertz CT molecular complexity index is 470. The van der Waals surface area contributed by atoms with Crippen molar-refractivity contribution in [2.45, 2.75) is 83.7 Å². The number of aromatic nitrogens is 2. The molecular formula is C17H27Cl2N3. The fourth-order valence-corrected chi connectivity index (χ4v) is 4.63. The summed E-state index contributed by atoms with van der Waals surface area (Å²) in [5, 5.41) is 0.838. The lowest BCUT2D eigenvalue weighted by Crippen LogP contribution is -2.64. The molecule has 0 unspecified atom stereocenters. The van der Waals surface area contributed by atoms with Gasteiger partial charge in [-0.25, -0.2) is 9.97 Å². The SMILES string of the molecule is CCC1(CC)CCCC(CC)(CC)N1c1nc(Cl)cc(Cl)n1. The number of rotatable bonds is 5. The highest BCUT2D eigenvalue weighted by Crippen LogP contribution is 2.47. The van der Waals surface area contributed by atoms with Gasteiger partial charge in [0, 0.05) is 17.1 Å². The fourth-order valence-electron chi connectivity index (χ4n) is 4.22. The van der Waals surface area contributed by atoms with E-state index in [-0.39, 0.29) is 11.1 Å². The highest BCUT2D eigenvalue weighted by atomic mass is 35.5. The maximum atomic E-state index is 6.17. The van der Waals surface area contributed by atoms with Gasteiger partial charge in [-0.05, 0) is 44.9 Å². The Balaban J connectivity index is 2.63. The molecule has 22 heavy (non-hydrogen) atoms. The number of piperidine rings is 1. The van der Waals surface area contributed by atoms with Crippen LogP contribution in [0.15, 0.2) is 6.07 Å². The molecule has 1 aromatic rings. The van der Waals surface area contributed by atoms with Gasteiger partial charge in [0.2, 0.25) is 5.95 Å². The molecular weight excluding hydrogens is 317 g/mol. The van der Waals surface area contributed by atoms with Crippen molar-refractivity contribution in [1.29, 1.82) is 0 Å². The summed E-state index contributed by atoms with van der Waals surface area (Å²) in [5.41, 5.74) is 0.191. The molecule has 2 rings (SSSR count). The zero-order valence-corrected chi connectivity index (χ0v) is 15.6. The van der Waals surface area contributed by atoms with E-state index in [9.17, 15) is 0 Å². The summed E-state index contributed by atoms with van der Waals surface area (Å²) in [6, 6.07) is 1.61. The third-order valence-electron chi connectivity index (χ3n) is 5.72. The first kappa shape index (κ1) is 17.8. The lowest BCUT2D eigenvalue weighted by Gasteiger charge is -2.58. The summed E-state index contributed by atoms with van der Waals surface area (Å²) >= 11 is 12.3. The monoisotopic (exact) mass is 343 g/mol. The number of nitrogens with zero attached hydrogens (tertiary/aromatic N) is 3. The van der Waals surface area contributed by atoms with Gasteiger partial charge in [0.05, 0.1) is 0 Å². The van der Waals surface area contributed by atoms with E-state index in [2.05, 4.69) is 42.6 Å². The third kappa shape index (κ3) is 2.94. The molecule has 0 N–H and O–H groups in total. The van der Waals surface area contributed by atoms with Crippen LogP contribution >= 0.6 is 23.2 Å². The van der Waals surface area contributed by atoms with Crippen LogP contribution in [-0.2, 0) is 0 Å². The van der Waals surface area contributed by atoms with E-state index < -0.39 is 0 Å². The molecule has 1 aromatic heterocycles. The molecule has 124 valence electrons. The zero-order chi connectivity index (χ0) is 16.4. The van der Waals surface area contributed by atoms with Crippen LogP contribution in [0.1, 0.15) is 72.6 Å². The van der Waals surface area contributed by atoms with Crippen LogP contribution < -0.4 is 4.90 Å². The van der Waals surface area contributed by atoms with Crippen LogP contribution in [0.3, 0.4) is 0 Å². The molecule has 0 radical (unpaired) electrons. The Morgan fingerprint density at radius 1 is 0.909 bits per heavy atom. The smallest absolute Gasteiger partial charge is 0.229 e. The highest BCUT2D eigenvalue weighted by molar-refractivity contribution is 6.33. The fraction of sp³-hybridized carbons (Fsp3) is 0.765. The van der Waals surface area contributed by atoms with Crippen molar-refractivity contribution < 1.29 is 0 Å². The number of halogens is 2. The zero-order valence-electron chi connectivity index (χ0n) is 14.1. The Morgan fingerprint density at radius 2 is 1.32 bits per heavy atom. The van der Waals surface area contributed by atoms with Gasteiger partial charge in [-0.2, -0.15) is 0 Å². The summed E-state index contributed by atoms with van der Waals surface area (Å²) in [5.74, 6) is 0.699. The number of hydrogen-bond donors (Lipinski definition) is 0. The molecule has 1 fully saturated rings. The van der Waals surface area contributed by atoms with Crippen LogP contribution in [-0.4, -0.2) is 21.0 Å². The first-order valence-corrected chi connectivity index (χ1v) is 9.23. The topological polar surface area (TPSA) is 29.0 Å². The second-order valence-corrected chi connectivity index (χ2v) is 7.14. The van der Waals surface area contributed by atoms with Gasteiger partial charge in [-0.3, -0.25) is 0 Å². The van der Waals surface area contributed by atoms with E-state index >= 15 is 0 Å². The molecule has 0 aliphatic carbocycles. The van der Waals surface area contributed by atoms with E-state index in [1.807, 2.05) is 0 Å². The molecule has 3 nitrogen and oxygen atoms in total. The lowest BCUT2D eigenvalue weighted by molar-refractivity contribution is 0.162. The molecule has 2 heterocycles. The average Bonchev–Trinajstić information content (AvgIpc) is 2.52. The molecule has 0 spiro atoms. The largest absolute Gasteiger partial charge is 0.329 e. The quantitative estimate of drug-likeness (QED) is 0.624. The van der Waals surface area contributed by atoms with Crippen LogP contribution in [0.5, 0.6) is 0 Å². The van der Waals surface area contributed by atoms with E-state index in [0.717, 1.165) is 25.7 Å². The Hall–Kier alpha value is -0.540. The number of anilines is 1. The molecule has 0 saturated carbocycles. The van der Waals surface area contributed by atoms with Crippen LogP contribution in [0.2, 0.25) is 10.3 Å². The van der Waals surface area contributed by atoms with Gasteiger partial charge in [-0.1, -0.05) is 50.9 Å². The predicted octanol–water partition coefficient (Wildman–Crippen LogP) is 5.89. The molecule has 5 heteroatoms. The van der Waals surface area contributed by atoms with E-state index in [1.165, 1.54) is 19.3 Å². The Kier molecular flexibility index (Phi) is 5.60. The Morgan fingerprint density at radius 3 is 1.68 bits per heavy atom. The average molecular weight is 344 g/mol. The molecule has 0 amide bonds. The minimum atomic E-state index is 0.0955. The predicted molar refractivity (Wildman–Crippen MR) is 95.0 cm³/mol. The molecule has 1 aliphatic rings. The maximum Gasteiger partial charge on any atom is 0.229 e. The molecule has 0 atom stereocenters. The summed E-state index contributed by atoms with van der Waals surface area (Å²) in [7, 11) is 0. The highest BCUT2D eigenvalue weighted by Gasteiger charge is 2.49. The van der Waals surface area contributed by atoms with Gasteiger partial charge >= 0.3 is 0 Å². The second kappa shape index (κ2) is 6.92. The lowest BCUT2D eigenvalue weighted by atomic mass is 9.71. The van der Waals surface area contributed by atoms with Gasteiger partial charge in [0.25, 0.3) is 0 Å². The number of hydrogen-bond acceptors (Lipinski definition) is 3. The van der Waals surface area contributed by atoms with Crippen molar-refractivity contribution >= 4 is 29.2 Å². The normalized spacial score (nSPS) is 20.2. The first-order chi connectivity index (χ1) is 10.5. The van der Waals surface area contributed by atoms with Crippen molar-refractivity contribution in [3.63, 3.8) is 0 Å². The summed E-state index contributed by atoms with van der Waals surface area (Å²) < 4.78 is 0. The first-order valence-electron chi connectivity index (χ1n) is 8.47. The van der Waals surface area contributed by atoms with Gasteiger partial charge in [0.1, 0.15) is 10.3 Å². The third-order valence-corrected chi connectivity index (χ3v) is 6.10. The van der Waals surface area contributed by atoms with E-state index in [4.69, 9.17) is 23.2 Å². The Labute approximate surface area is 144 Å². The minimum Gasteiger partial charge on any atom is -0.329 e. The molecule has 1 saturated heterocycles. The maximum absolute atomic E-state index is 6.17. The van der Waals surface area contributed by atoms with Gasteiger partial charge in [0.15, 0.2) is 0 Å².